The number of hydrogen-bond acceptors (Lipinski definition) is 4. The summed E-state index contributed by atoms with van der Waals surface area (Å²) in [6.45, 7) is 2.38. The van der Waals surface area contributed by atoms with Crippen molar-refractivity contribution in [2.75, 3.05) is 26.4 Å². The highest BCUT2D eigenvalue weighted by Crippen LogP contribution is 2.57. The second-order valence-corrected chi connectivity index (χ2v) is 9.42. The predicted molar refractivity (Wildman–Crippen MR) is 98.6 cm³/mol. The minimum Gasteiger partial charge on any atom is -0.389 e. The van der Waals surface area contributed by atoms with Crippen molar-refractivity contribution in [3.8, 4) is 0 Å². The monoisotopic (exact) mass is 351 g/mol. The summed E-state index contributed by atoms with van der Waals surface area (Å²) in [7, 11) is 0. The standard InChI is InChI=1S/C21H37NO3/c23-20(14-22-19-4-2-1-3-5-19)15-24-6-7-25-21-11-16-8-17(12-21)10-18(9-16)13-21/h16-20,22-23H,1-15H2/t16?,17?,18?,20-,21?/m1/s1. The fourth-order valence-electron chi connectivity index (χ4n) is 6.41. The Morgan fingerprint density at radius 1 is 0.920 bits per heavy atom. The van der Waals surface area contributed by atoms with E-state index in [9.17, 15) is 5.11 Å². The van der Waals surface area contributed by atoms with Gasteiger partial charge in [-0.2, -0.15) is 0 Å². The van der Waals surface area contributed by atoms with Gasteiger partial charge in [0.15, 0.2) is 0 Å². The zero-order valence-electron chi connectivity index (χ0n) is 15.8. The van der Waals surface area contributed by atoms with Crippen LogP contribution in [-0.2, 0) is 9.47 Å². The van der Waals surface area contributed by atoms with E-state index in [4.69, 9.17) is 9.47 Å². The molecule has 0 aromatic rings. The van der Waals surface area contributed by atoms with Gasteiger partial charge in [0.25, 0.3) is 0 Å². The molecule has 4 nitrogen and oxygen atoms in total. The van der Waals surface area contributed by atoms with Gasteiger partial charge < -0.3 is 19.9 Å². The maximum Gasteiger partial charge on any atom is 0.0897 e. The van der Waals surface area contributed by atoms with Crippen LogP contribution in [0.5, 0.6) is 0 Å². The molecule has 5 rings (SSSR count). The van der Waals surface area contributed by atoms with Gasteiger partial charge in [-0.1, -0.05) is 19.3 Å². The Labute approximate surface area is 153 Å². The Hall–Kier alpha value is -0.160. The summed E-state index contributed by atoms with van der Waals surface area (Å²) in [5, 5.41) is 13.6. The number of ether oxygens (including phenoxy) is 2. The second kappa shape index (κ2) is 8.24. The molecule has 1 atom stereocenters. The molecule has 0 saturated heterocycles. The van der Waals surface area contributed by atoms with Gasteiger partial charge in [0, 0.05) is 12.6 Å². The zero-order valence-corrected chi connectivity index (χ0v) is 15.8. The molecule has 5 aliphatic carbocycles. The Balaban J connectivity index is 1.08. The van der Waals surface area contributed by atoms with Crippen molar-refractivity contribution < 1.29 is 14.6 Å². The van der Waals surface area contributed by atoms with Crippen molar-refractivity contribution in [1.82, 2.24) is 5.32 Å². The van der Waals surface area contributed by atoms with Gasteiger partial charge in [0.05, 0.1) is 31.5 Å². The van der Waals surface area contributed by atoms with Crippen LogP contribution in [0, 0.1) is 17.8 Å². The van der Waals surface area contributed by atoms with Crippen LogP contribution in [0.3, 0.4) is 0 Å². The number of aliphatic hydroxyl groups is 1. The highest BCUT2D eigenvalue weighted by Gasteiger charge is 2.51. The minimum absolute atomic E-state index is 0.180. The summed E-state index contributed by atoms with van der Waals surface area (Å²) >= 11 is 0. The van der Waals surface area contributed by atoms with Crippen LogP contribution >= 0.6 is 0 Å². The third-order valence-corrected chi connectivity index (χ3v) is 7.18. The van der Waals surface area contributed by atoms with Gasteiger partial charge in [0.2, 0.25) is 0 Å². The fourth-order valence-corrected chi connectivity index (χ4v) is 6.41. The Morgan fingerprint density at radius 3 is 2.20 bits per heavy atom. The first kappa shape index (κ1) is 18.2. The molecule has 144 valence electrons. The molecular formula is C21H37NO3. The SMILES string of the molecule is O[C@H](CNC1CCCCC1)COCCOC12CC3CC(CC(C3)C1)C2. The first-order chi connectivity index (χ1) is 12.2. The first-order valence-electron chi connectivity index (χ1n) is 10.8. The molecule has 4 heteroatoms. The van der Waals surface area contributed by atoms with Crippen LogP contribution in [0.2, 0.25) is 0 Å². The maximum absolute atomic E-state index is 10.1. The highest BCUT2D eigenvalue weighted by atomic mass is 16.5. The normalized spacial score (nSPS) is 39.0. The van der Waals surface area contributed by atoms with Gasteiger partial charge >= 0.3 is 0 Å². The Bertz CT molecular complexity index is 386. The maximum atomic E-state index is 10.1. The van der Waals surface area contributed by atoms with Crippen molar-refractivity contribution >= 4 is 0 Å². The van der Waals surface area contributed by atoms with Crippen LogP contribution < -0.4 is 5.32 Å². The Kier molecular flexibility index (Phi) is 6.01. The van der Waals surface area contributed by atoms with Gasteiger partial charge in [0.1, 0.15) is 0 Å². The Morgan fingerprint density at radius 2 is 1.56 bits per heavy atom. The smallest absolute Gasteiger partial charge is 0.0897 e. The van der Waals surface area contributed by atoms with Crippen molar-refractivity contribution in [2.45, 2.75) is 88.4 Å². The minimum atomic E-state index is -0.401. The third-order valence-electron chi connectivity index (χ3n) is 7.18. The topological polar surface area (TPSA) is 50.7 Å². The second-order valence-electron chi connectivity index (χ2n) is 9.42. The quantitative estimate of drug-likeness (QED) is 0.626. The van der Waals surface area contributed by atoms with Crippen molar-refractivity contribution in [1.29, 1.82) is 0 Å². The first-order valence-corrected chi connectivity index (χ1v) is 10.8. The third kappa shape index (κ3) is 4.77. The van der Waals surface area contributed by atoms with E-state index >= 15 is 0 Å². The van der Waals surface area contributed by atoms with Crippen LogP contribution in [-0.4, -0.2) is 49.2 Å². The molecular weight excluding hydrogens is 314 g/mol. The predicted octanol–water partition coefficient (Wildman–Crippen LogP) is 3.27. The van der Waals surface area contributed by atoms with E-state index in [0.717, 1.165) is 17.8 Å². The fraction of sp³-hybridized carbons (Fsp3) is 1.00. The number of rotatable bonds is 9. The molecule has 5 fully saturated rings. The summed E-state index contributed by atoms with van der Waals surface area (Å²) in [6, 6.07) is 0.600. The molecule has 0 aromatic carbocycles. The van der Waals surface area contributed by atoms with Crippen molar-refractivity contribution in [2.24, 2.45) is 17.8 Å². The molecule has 4 bridgehead atoms. The average Bonchev–Trinajstić information content (AvgIpc) is 2.59. The van der Waals surface area contributed by atoms with E-state index in [1.807, 2.05) is 0 Å². The molecule has 0 aromatic heterocycles. The van der Waals surface area contributed by atoms with E-state index in [2.05, 4.69) is 5.32 Å². The van der Waals surface area contributed by atoms with Crippen LogP contribution in [0.15, 0.2) is 0 Å². The van der Waals surface area contributed by atoms with Crippen molar-refractivity contribution in [3.05, 3.63) is 0 Å². The number of nitrogens with one attached hydrogen (secondary N) is 1. The van der Waals surface area contributed by atoms with E-state index in [-0.39, 0.29) is 5.60 Å². The summed E-state index contributed by atoms with van der Waals surface area (Å²) in [5.74, 6) is 2.79. The molecule has 0 aliphatic heterocycles. The molecule has 0 spiro atoms. The van der Waals surface area contributed by atoms with E-state index < -0.39 is 6.10 Å². The summed E-state index contributed by atoms with van der Waals surface area (Å²) in [4.78, 5) is 0. The van der Waals surface area contributed by atoms with Gasteiger partial charge in [-0.15, -0.1) is 0 Å². The zero-order chi connectivity index (χ0) is 17.1. The van der Waals surface area contributed by atoms with Crippen LogP contribution in [0.1, 0.15) is 70.6 Å². The largest absolute Gasteiger partial charge is 0.389 e. The van der Waals surface area contributed by atoms with E-state index in [1.165, 1.54) is 70.6 Å². The van der Waals surface area contributed by atoms with Gasteiger partial charge in [-0.3, -0.25) is 0 Å². The van der Waals surface area contributed by atoms with Gasteiger partial charge in [-0.25, -0.2) is 0 Å². The molecule has 0 heterocycles. The molecule has 25 heavy (non-hydrogen) atoms. The lowest BCUT2D eigenvalue weighted by atomic mass is 9.54. The lowest BCUT2D eigenvalue weighted by molar-refractivity contribution is -0.170. The average molecular weight is 352 g/mol. The molecule has 0 unspecified atom stereocenters. The van der Waals surface area contributed by atoms with E-state index in [1.54, 1.807) is 0 Å². The van der Waals surface area contributed by atoms with Crippen LogP contribution in [0.4, 0.5) is 0 Å². The summed E-state index contributed by atoms with van der Waals surface area (Å²) in [6.07, 6.45) is 14.4. The lowest BCUT2D eigenvalue weighted by Crippen LogP contribution is -2.52. The molecule has 0 amide bonds. The number of hydrogen-bond donors (Lipinski definition) is 2. The van der Waals surface area contributed by atoms with E-state index in [0.29, 0.717) is 32.4 Å². The molecule has 0 radical (unpaired) electrons. The lowest BCUT2D eigenvalue weighted by Gasteiger charge is -2.56. The highest BCUT2D eigenvalue weighted by molar-refractivity contribution is 5.03. The summed E-state index contributed by atoms with van der Waals surface area (Å²) < 4.78 is 12.0. The molecule has 5 aliphatic rings. The van der Waals surface area contributed by atoms with Gasteiger partial charge in [-0.05, 0) is 69.1 Å². The summed E-state index contributed by atoms with van der Waals surface area (Å²) in [5.41, 5.74) is 0.180. The number of aliphatic hydroxyl groups excluding tert-OH is 1. The van der Waals surface area contributed by atoms with Crippen molar-refractivity contribution in [3.63, 3.8) is 0 Å². The molecule has 5 saturated carbocycles. The van der Waals surface area contributed by atoms with Crippen LogP contribution in [0.25, 0.3) is 0 Å². The molecule has 2 N–H and O–H groups in total.